The average molecular weight is 395 g/mol. The van der Waals surface area contributed by atoms with Gasteiger partial charge in [-0.25, -0.2) is 4.79 Å². The van der Waals surface area contributed by atoms with E-state index in [4.69, 9.17) is 9.47 Å². The predicted molar refractivity (Wildman–Crippen MR) is 108 cm³/mol. The average Bonchev–Trinajstić information content (AvgIpc) is 3.22. The topological polar surface area (TPSA) is 76.7 Å². The van der Waals surface area contributed by atoms with E-state index in [1.807, 2.05) is 36.6 Å². The van der Waals surface area contributed by atoms with Gasteiger partial charge in [-0.15, -0.1) is 0 Å². The van der Waals surface area contributed by atoms with Crippen LogP contribution < -0.4 is 10.6 Å². The Labute approximate surface area is 165 Å². The van der Waals surface area contributed by atoms with Crippen LogP contribution >= 0.6 is 11.8 Å². The summed E-state index contributed by atoms with van der Waals surface area (Å²) in [6, 6.07) is 10.0. The van der Waals surface area contributed by atoms with Gasteiger partial charge in [-0.2, -0.15) is 11.8 Å². The number of amides is 1. The molecule has 150 valence electrons. The van der Waals surface area contributed by atoms with Crippen LogP contribution in [0.2, 0.25) is 0 Å². The van der Waals surface area contributed by atoms with Gasteiger partial charge in [0, 0.05) is 18.9 Å². The Kier molecular flexibility index (Phi) is 9.10. The molecule has 1 aliphatic rings. The summed E-state index contributed by atoms with van der Waals surface area (Å²) < 4.78 is 11.0. The zero-order valence-corrected chi connectivity index (χ0v) is 17.0. The second-order valence-electron chi connectivity index (χ2n) is 6.70. The van der Waals surface area contributed by atoms with Crippen molar-refractivity contribution in [2.75, 3.05) is 32.3 Å². The summed E-state index contributed by atoms with van der Waals surface area (Å²) in [6.07, 6.45) is 5.31. The van der Waals surface area contributed by atoms with Crippen molar-refractivity contribution in [1.82, 2.24) is 10.6 Å². The number of aryl methyl sites for hydroxylation is 1. The lowest BCUT2D eigenvalue weighted by Crippen LogP contribution is -2.58. The Hall–Kier alpha value is -1.57. The molecule has 1 fully saturated rings. The number of carbonyl (C=O) groups is 2. The minimum Gasteiger partial charge on any atom is -0.465 e. The Bertz CT molecular complexity index is 593. The van der Waals surface area contributed by atoms with Gasteiger partial charge < -0.3 is 20.1 Å². The first-order valence-corrected chi connectivity index (χ1v) is 10.8. The molecule has 1 saturated heterocycles. The quantitative estimate of drug-likeness (QED) is 0.442. The molecule has 0 radical (unpaired) electrons. The van der Waals surface area contributed by atoms with Crippen molar-refractivity contribution in [3.63, 3.8) is 0 Å². The van der Waals surface area contributed by atoms with Gasteiger partial charge in [-0.05, 0) is 43.4 Å². The smallest absolute Gasteiger partial charge is 0.359 e. The van der Waals surface area contributed by atoms with E-state index in [-0.39, 0.29) is 18.4 Å². The van der Waals surface area contributed by atoms with Crippen LogP contribution in [-0.4, -0.2) is 55.9 Å². The fraction of sp³-hybridized carbons (Fsp3) is 0.600. The molecule has 0 aliphatic carbocycles. The zero-order chi connectivity index (χ0) is 19.5. The van der Waals surface area contributed by atoms with Crippen LogP contribution in [0.1, 0.15) is 31.2 Å². The van der Waals surface area contributed by atoms with Crippen molar-refractivity contribution >= 4 is 23.6 Å². The van der Waals surface area contributed by atoms with Gasteiger partial charge in [0.15, 0.2) is 0 Å². The molecule has 1 aromatic rings. The van der Waals surface area contributed by atoms with Crippen LogP contribution in [0.15, 0.2) is 30.3 Å². The molecule has 1 heterocycles. The lowest BCUT2D eigenvalue weighted by molar-refractivity contribution is -0.179. The molecule has 7 heteroatoms. The summed E-state index contributed by atoms with van der Waals surface area (Å²) in [5.41, 5.74) is -0.355. The van der Waals surface area contributed by atoms with Gasteiger partial charge in [0.2, 0.25) is 11.6 Å². The predicted octanol–water partition coefficient (Wildman–Crippen LogP) is 2.13. The number of ether oxygens (including phenoxy) is 2. The van der Waals surface area contributed by atoms with Crippen LogP contribution in [0, 0.1) is 0 Å². The molecule has 0 spiro atoms. The fourth-order valence-electron chi connectivity index (χ4n) is 3.13. The largest absolute Gasteiger partial charge is 0.465 e. The minimum atomic E-state index is -1.43. The van der Waals surface area contributed by atoms with Crippen molar-refractivity contribution in [3.8, 4) is 0 Å². The first kappa shape index (κ1) is 21.7. The van der Waals surface area contributed by atoms with E-state index in [2.05, 4.69) is 10.6 Å². The summed E-state index contributed by atoms with van der Waals surface area (Å²) in [7, 11) is 1.32. The molecular formula is C20H30N2O4S. The number of rotatable bonds is 11. The van der Waals surface area contributed by atoms with E-state index in [1.165, 1.54) is 7.11 Å². The summed E-state index contributed by atoms with van der Waals surface area (Å²) in [5, 5.41) is 6.18. The highest BCUT2D eigenvalue weighted by Crippen LogP contribution is 2.20. The minimum absolute atomic E-state index is 0.199. The van der Waals surface area contributed by atoms with Crippen molar-refractivity contribution < 1.29 is 19.1 Å². The molecule has 1 amide bonds. The number of hydrogen-bond donors (Lipinski definition) is 2. The van der Waals surface area contributed by atoms with Crippen LogP contribution in [0.5, 0.6) is 0 Å². The summed E-state index contributed by atoms with van der Waals surface area (Å²) >= 11 is 1.60. The number of benzene rings is 1. The Morgan fingerprint density at radius 2 is 2.11 bits per heavy atom. The lowest BCUT2D eigenvalue weighted by Gasteiger charge is -2.33. The number of esters is 1. The molecule has 2 N–H and O–H groups in total. The molecule has 1 aromatic carbocycles. The van der Waals surface area contributed by atoms with Crippen molar-refractivity contribution in [3.05, 3.63) is 35.9 Å². The maximum atomic E-state index is 12.6. The Morgan fingerprint density at radius 3 is 2.74 bits per heavy atom. The van der Waals surface area contributed by atoms with E-state index < -0.39 is 11.7 Å². The van der Waals surface area contributed by atoms with E-state index in [1.54, 1.807) is 11.8 Å². The van der Waals surface area contributed by atoms with Gasteiger partial charge in [0.1, 0.15) is 0 Å². The van der Waals surface area contributed by atoms with E-state index in [0.29, 0.717) is 25.2 Å². The number of methoxy groups -OCH3 is 1. The first-order valence-electron chi connectivity index (χ1n) is 9.39. The molecule has 0 saturated carbocycles. The SMILES string of the molecule is COC(=O)[C@@](CCSC)(NC(=O)CCc1ccccc1)OC[C@@H]1CCCN1. The normalized spacial score (nSPS) is 18.7. The third-order valence-electron chi connectivity index (χ3n) is 4.69. The third-order valence-corrected chi connectivity index (χ3v) is 5.30. The van der Waals surface area contributed by atoms with Crippen molar-refractivity contribution in [2.45, 2.75) is 43.9 Å². The molecule has 0 unspecified atom stereocenters. The highest BCUT2D eigenvalue weighted by molar-refractivity contribution is 7.98. The second kappa shape index (κ2) is 11.3. The van der Waals surface area contributed by atoms with Gasteiger partial charge in [-0.3, -0.25) is 4.79 Å². The molecular weight excluding hydrogens is 364 g/mol. The van der Waals surface area contributed by atoms with Gasteiger partial charge in [-0.1, -0.05) is 30.3 Å². The number of thioether (sulfide) groups is 1. The standard InChI is InChI=1S/C20H30N2O4S/c1-25-19(24)20(12-14-27-2,26-15-17-9-6-13-21-17)22-18(23)11-10-16-7-4-3-5-8-16/h3-5,7-8,17,21H,6,9-15H2,1-2H3,(H,22,23)/t17-,20-/m0/s1. The maximum Gasteiger partial charge on any atom is 0.359 e. The zero-order valence-electron chi connectivity index (χ0n) is 16.2. The molecule has 1 aliphatic heterocycles. The molecule has 6 nitrogen and oxygen atoms in total. The fourth-order valence-corrected chi connectivity index (χ4v) is 3.62. The Morgan fingerprint density at radius 1 is 1.33 bits per heavy atom. The first-order chi connectivity index (χ1) is 13.1. The highest BCUT2D eigenvalue weighted by atomic mass is 32.2. The van der Waals surface area contributed by atoms with Crippen molar-refractivity contribution in [2.24, 2.45) is 0 Å². The van der Waals surface area contributed by atoms with Crippen LogP contribution in [0.3, 0.4) is 0 Å². The lowest BCUT2D eigenvalue weighted by atomic mass is 10.1. The summed E-state index contributed by atoms with van der Waals surface area (Å²) in [5.74, 6) is -0.0982. The number of carbonyl (C=O) groups excluding carboxylic acids is 2. The van der Waals surface area contributed by atoms with Gasteiger partial charge in [0.05, 0.1) is 13.7 Å². The summed E-state index contributed by atoms with van der Waals surface area (Å²) in [4.78, 5) is 25.2. The molecule has 0 aromatic heterocycles. The Balaban J connectivity index is 2.03. The number of hydrogen-bond acceptors (Lipinski definition) is 6. The molecule has 27 heavy (non-hydrogen) atoms. The summed E-state index contributed by atoms with van der Waals surface area (Å²) in [6.45, 7) is 1.32. The maximum absolute atomic E-state index is 12.6. The van der Waals surface area contributed by atoms with Crippen molar-refractivity contribution in [1.29, 1.82) is 0 Å². The molecule has 0 bridgehead atoms. The van der Waals surface area contributed by atoms with E-state index in [0.717, 1.165) is 24.9 Å². The number of nitrogens with one attached hydrogen (secondary N) is 2. The van der Waals surface area contributed by atoms with E-state index >= 15 is 0 Å². The van der Waals surface area contributed by atoms with Gasteiger partial charge in [0.25, 0.3) is 0 Å². The molecule has 2 rings (SSSR count). The second-order valence-corrected chi connectivity index (χ2v) is 7.69. The van der Waals surface area contributed by atoms with Gasteiger partial charge >= 0.3 is 5.97 Å². The van der Waals surface area contributed by atoms with Crippen LogP contribution in [-0.2, 0) is 25.5 Å². The van der Waals surface area contributed by atoms with Crippen LogP contribution in [0.25, 0.3) is 0 Å². The third kappa shape index (κ3) is 6.83. The monoisotopic (exact) mass is 394 g/mol. The highest BCUT2D eigenvalue weighted by Gasteiger charge is 2.42. The van der Waals surface area contributed by atoms with E-state index in [9.17, 15) is 9.59 Å². The molecule has 2 atom stereocenters. The van der Waals surface area contributed by atoms with Crippen LogP contribution in [0.4, 0.5) is 0 Å².